The van der Waals surface area contributed by atoms with Crippen molar-refractivity contribution in [2.24, 2.45) is 0 Å². The van der Waals surface area contributed by atoms with Crippen LogP contribution < -0.4 is 5.32 Å². The van der Waals surface area contributed by atoms with E-state index in [4.69, 9.17) is 4.42 Å². The average Bonchev–Trinajstić information content (AvgIpc) is 3.37. The fraction of sp³-hybridized carbons (Fsp3) is 0.0526. The fourth-order valence-corrected chi connectivity index (χ4v) is 4.13. The monoisotopic (exact) mass is 490 g/mol. The number of benzene rings is 2. The van der Waals surface area contributed by atoms with E-state index in [1.807, 2.05) is 24.3 Å². The third-order valence-corrected chi connectivity index (χ3v) is 6.00. The Balaban J connectivity index is 1.34. The van der Waals surface area contributed by atoms with Gasteiger partial charge >= 0.3 is 0 Å². The topological polar surface area (TPSA) is 80.9 Å². The summed E-state index contributed by atoms with van der Waals surface area (Å²) in [4.78, 5) is 16.6. The second kappa shape index (κ2) is 8.85. The number of thiazole rings is 1. The number of rotatable bonds is 6. The number of nitrogens with one attached hydrogen (secondary N) is 1. The van der Waals surface area contributed by atoms with Gasteiger partial charge in [0.05, 0.1) is 17.0 Å². The van der Waals surface area contributed by atoms with E-state index in [1.54, 1.807) is 17.5 Å². The van der Waals surface area contributed by atoms with Gasteiger partial charge in [0.25, 0.3) is 5.22 Å². The first-order chi connectivity index (χ1) is 14.1. The van der Waals surface area contributed by atoms with Crippen molar-refractivity contribution in [2.75, 3.05) is 11.1 Å². The van der Waals surface area contributed by atoms with Crippen LogP contribution in [-0.4, -0.2) is 26.8 Å². The maximum absolute atomic E-state index is 13.0. The molecule has 0 bridgehead atoms. The molecule has 10 heteroatoms. The molecule has 2 aromatic carbocycles. The van der Waals surface area contributed by atoms with Gasteiger partial charge in [-0.05, 0) is 52.3 Å². The molecular weight excluding hydrogens is 479 g/mol. The summed E-state index contributed by atoms with van der Waals surface area (Å²) < 4.78 is 19.5. The zero-order valence-electron chi connectivity index (χ0n) is 14.6. The predicted octanol–water partition coefficient (Wildman–Crippen LogP) is 5.49. The molecular formula is C19H12BrFN4O2S2. The molecule has 1 N–H and O–H groups in total. The molecule has 4 rings (SSSR count). The number of thioether (sulfide) groups is 1. The van der Waals surface area contributed by atoms with Crippen LogP contribution >= 0.6 is 39.0 Å². The van der Waals surface area contributed by atoms with Gasteiger partial charge in [-0.3, -0.25) is 4.79 Å². The van der Waals surface area contributed by atoms with E-state index in [-0.39, 0.29) is 17.5 Å². The molecule has 0 fully saturated rings. The normalized spacial score (nSPS) is 10.8. The van der Waals surface area contributed by atoms with Gasteiger partial charge in [0.1, 0.15) is 5.82 Å². The minimum atomic E-state index is -0.307. The minimum Gasteiger partial charge on any atom is -0.411 e. The number of carbonyl (C=O) groups excluding carboxylic acids is 1. The zero-order valence-corrected chi connectivity index (χ0v) is 17.9. The van der Waals surface area contributed by atoms with Crippen LogP contribution in [0.1, 0.15) is 0 Å². The lowest BCUT2D eigenvalue weighted by atomic mass is 10.2. The van der Waals surface area contributed by atoms with E-state index in [0.29, 0.717) is 21.9 Å². The molecule has 2 heterocycles. The molecule has 0 aliphatic rings. The number of anilines is 1. The van der Waals surface area contributed by atoms with Crippen LogP contribution in [0.4, 0.5) is 9.52 Å². The van der Waals surface area contributed by atoms with Crippen molar-refractivity contribution in [2.45, 2.75) is 5.22 Å². The smallest absolute Gasteiger partial charge is 0.277 e. The summed E-state index contributed by atoms with van der Waals surface area (Å²) in [5.41, 5.74) is 2.24. The molecule has 146 valence electrons. The Morgan fingerprint density at radius 3 is 2.76 bits per heavy atom. The van der Waals surface area contributed by atoms with E-state index in [2.05, 4.69) is 36.4 Å². The predicted molar refractivity (Wildman–Crippen MR) is 114 cm³/mol. The van der Waals surface area contributed by atoms with Gasteiger partial charge in [0.15, 0.2) is 5.13 Å². The van der Waals surface area contributed by atoms with Crippen LogP contribution in [0.3, 0.4) is 0 Å². The Labute approximate surface area is 181 Å². The number of amides is 1. The van der Waals surface area contributed by atoms with Crippen molar-refractivity contribution in [1.29, 1.82) is 0 Å². The molecule has 0 atom stereocenters. The molecule has 0 saturated heterocycles. The van der Waals surface area contributed by atoms with Gasteiger partial charge in [-0.15, -0.1) is 21.5 Å². The molecule has 0 radical (unpaired) electrons. The quantitative estimate of drug-likeness (QED) is 0.359. The fourth-order valence-electron chi connectivity index (χ4n) is 2.38. The van der Waals surface area contributed by atoms with Crippen LogP contribution in [0.5, 0.6) is 0 Å². The number of hydrogen-bond acceptors (Lipinski definition) is 7. The highest BCUT2D eigenvalue weighted by Gasteiger charge is 2.14. The summed E-state index contributed by atoms with van der Waals surface area (Å²) in [5, 5.41) is 13.3. The number of halogens is 2. The van der Waals surface area contributed by atoms with Crippen molar-refractivity contribution in [3.8, 4) is 22.7 Å². The first-order valence-electron chi connectivity index (χ1n) is 8.31. The lowest BCUT2D eigenvalue weighted by Crippen LogP contribution is -2.13. The van der Waals surface area contributed by atoms with Crippen molar-refractivity contribution in [3.05, 3.63) is 64.2 Å². The van der Waals surface area contributed by atoms with Crippen LogP contribution in [0.25, 0.3) is 22.7 Å². The Hall–Kier alpha value is -2.56. The maximum Gasteiger partial charge on any atom is 0.277 e. The van der Waals surface area contributed by atoms with E-state index in [1.165, 1.54) is 23.5 Å². The molecule has 0 unspecified atom stereocenters. The second-order valence-electron chi connectivity index (χ2n) is 5.73. The van der Waals surface area contributed by atoms with Gasteiger partial charge < -0.3 is 9.73 Å². The van der Waals surface area contributed by atoms with Gasteiger partial charge in [0.2, 0.25) is 11.8 Å². The SMILES string of the molecule is O=C(CSc1nnc(-c2ccccc2Br)o1)Nc1nc(-c2ccc(F)cc2)cs1. The van der Waals surface area contributed by atoms with E-state index >= 15 is 0 Å². The molecule has 2 aromatic heterocycles. The molecule has 4 aromatic rings. The largest absolute Gasteiger partial charge is 0.411 e. The third kappa shape index (κ3) is 4.89. The Morgan fingerprint density at radius 2 is 1.97 bits per heavy atom. The molecule has 0 saturated carbocycles. The molecule has 0 aliphatic heterocycles. The molecule has 29 heavy (non-hydrogen) atoms. The first-order valence-corrected chi connectivity index (χ1v) is 11.0. The highest BCUT2D eigenvalue weighted by atomic mass is 79.9. The lowest BCUT2D eigenvalue weighted by molar-refractivity contribution is -0.113. The number of carbonyl (C=O) groups is 1. The number of nitrogens with zero attached hydrogens (tertiary/aromatic N) is 3. The molecule has 6 nitrogen and oxygen atoms in total. The Morgan fingerprint density at radius 1 is 1.17 bits per heavy atom. The van der Waals surface area contributed by atoms with Crippen LogP contribution in [0, 0.1) is 5.82 Å². The van der Waals surface area contributed by atoms with Gasteiger partial charge in [-0.25, -0.2) is 9.37 Å². The standard InChI is InChI=1S/C19H12BrFN4O2S2/c20-14-4-2-1-3-13(14)17-24-25-19(27-17)29-10-16(26)23-18-22-15(9-28-18)11-5-7-12(21)8-6-11/h1-9H,10H2,(H,22,23,26). The molecule has 0 aliphatic carbocycles. The summed E-state index contributed by atoms with van der Waals surface area (Å²) in [5.74, 6) is -0.0681. The van der Waals surface area contributed by atoms with Crippen molar-refractivity contribution >= 4 is 50.1 Å². The van der Waals surface area contributed by atoms with Gasteiger partial charge in [-0.2, -0.15) is 0 Å². The maximum atomic E-state index is 13.0. The van der Waals surface area contributed by atoms with Gasteiger partial charge in [-0.1, -0.05) is 23.9 Å². The highest BCUT2D eigenvalue weighted by Crippen LogP contribution is 2.29. The summed E-state index contributed by atoms with van der Waals surface area (Å²) in [7, 11) is 0. The summed E-state index contributed by atoms with van der Waals surface area (Å²) in [6, 6.07) is 13.5. The molecule has 1 amide bonds. The average molecular weight is 491 g/mol. The Kier molecular flexibility index (Phi) is 6.02. The molecule has 0 spiro atoms. The third-order valence-electron chi connectivity index (χ3n) is 3.73. The summed E-state index contributed by atoms with van der Waals surface area (Å²) >= 11 is 5.88. The zero-order chi connectivity index (χ0) is 20.2. The van der Waals surface area contributed by atoms with E-state index < -0.39 is 0 Å². The van der Waals surface area contributed by atoms with Crippen LogP contribution in [-0.2, 0) is 4.79 Å². The number of hydrogen-bond donors (Lipinski definition) is 1. The second-order valence-corrected chi connectivity index (χ2v) is 8.37. The Bertz CT molecular complexity index is 1150. The van der Waals surface area contributed by atoms with Gasteiger partial charge in [0, 0.05) is 15.4 Å². The van der Waals surface area contributed by atoms with Crippen molar-refractivity contribution < 1.29 is 13.6 Å². The van der Waals surface area contributed by atoms with E-state index in [9.17, 15) is 9.18 Å². The van der Waals surface area contributed by atoms with E-state index in [0.717, 1.165) is 27.4 Å². The minimum absolute atomic E-state index is 0.100. The van der Waals surface area contributed by atoms with Crippen LogP contribution in [0.15, 0.2) is 68.0 Å². The first kappa shape index (κ1) is 19.7. The summed E-state index contributed by atoms with van der Waals surface area (Å²) in [6.45, 7) is 0. The highest BCUT2D eigenvalue weighted by molar-refractivity contribution is 9.10. The van der Waals surface area contributed by atoms with Crippen LogP contribution in [0.2, 0.25) is 0 Å². The number of aromatic nitrogens is 3. The van der Waals surface area contributed by atoms with Crippen molar-refractivity contribution in [3.63, 3.8) is 0 Å². The lowest BCUT2D eigenvalue weighted by Gasteiger charge is -2.00. The van der Waals surface area contributed by atoms with Crippen molar-refractivity contribution in [1.82, 2.24) is 15.2 Å². The summed E-state index contributed by atoms with van der Waals surface area (Å²) in [6.07, 6.45) is 0.